The third-order valence-electron chi connectivity index (χ3n) is 4.26. The van der Waals surface area contributed by atoms with Gasteiger partial charge in [-0.05, 0) is 67.1 Å². The van der Waals surface area contributed by atoms with Crippen LogP contribution < -0.4 is 9.47 Å². The van der Waals surface area contributed by atoms with E-state index in [1.807, 2.05) is 0 Å². The second kappa shape index (κ2) is 10.6. The molecule has 0 radical (unpaired) electrons. The van der Waals surface area contributed by atoms with Gasteiger partial charge in [-0.2, -0.15) is 0 Å². The third kappa shape index (κ3) is 5.70. The van der Waals surface area contributed by atoms with Gasteiger partial charge in [-0.15, -0.1) is 0 Å². The van der Waals surface area contributed by atoms with Crippen LogP contribution in [0.2, 0.25) is 0 Å². The molecule has 2 aromatic rings. The van der Waals surface area contributed by atoms with Crippen molar-refractivity contribution in [3.8, 4) is 11.5 Å². The van der Waals surface area contributed by atoms with Crippen LogP contribution >= 0.6 is 15.9 Å². The topological polar surface area (TPSA) is 18.5 Å². The van der Waals surface area contributed by atoms with E-state index in [0.717, 1.165) is 42.9 Å². The average molecular weight is 393 g/mol. The van der Waals surface area contributed by atoms with Crippen molar-refractivity contribution in [2.45, 2.75) is 52.4 Å². The summed E-state index contributed by atoms with van der Waals surface area (Å²) in [5, 5.41) is 3.53. The maximum absolute atomic E-state index is 5.94. The number of hydrogen-bond acceptors (Lipinski definition) is 2. The van der Waals surface area contributed by atoms with E-state index in [9.17, 15) is 0 Å². The molecule has 0 atom stereocenters. The lowest BCUT2D eigenvalue weighted by Crippen LogP contribution is -1.99. The summed E-state index contributed by atoms with van der Waals surface area (Å²) >= 11 is 3.46. The molecule has 24 heavy (non-hydrogen) atoms. The lowest BCUT2D eigenvalue weighted by atomic mass is 10.0. The van der Waals surface area contributed by atoms with Gasteiger partial charge >= 0.3 is 0 Å². The highest BCUT2D eigenvalue weighted by Crippen LogP contribution is 2.30. The molecule has 3 heteroatoms. The Kier molecular flexibility index (Phi) is 8.44. The number of rotatable bonds is 11. The number of benzene rings is 2. The van der Waals surface area contributed by atoms with Crippen LogP contribution in [0, 0.1) is 6.92 Å². The molecule has 0 unspecified atom stereocenters. The normalized spacial score (nSPS) is 11.0. The lowest BCUT2D eigenvalue weighted by molar-refractivity contribution is 0.304. The fraction of sp³-hybridized carbons (Fsp3) is 0.524. The summed E-state index contributed by atoms with van der Waals surface area (Å²) in [6, 6.07) is 10.6. The fourth-order valence-corrected chi connectivity index (χ4v) is 3.18. The van der Waals surface area contributed by atoms with E-state index < -0.39 is 0 Å². The van der Waals surface area contributed by atoms with Gasteiger partial charge in [0.1, 0.15) is 11.5 Å². The van der Waals surface area contributed by atoms with E-state index >= 15 is 0 Å². The fourth-order valence-electron chi connectivity index (χ4n) is 2.79. The number of fused-ring (bicyclic) bond motifs is 1. The van der Waals surface area contributed by atoms with Crippen LogP contribution in [0.15, 0.2) is 30.3 Å². The van der Waals surface area contributed by atoms with Gasteiger partial charge < -0.3 is 9.47 Å². The number of unbranched alkanes of at least 4 members (excludes halogenated alkanes) is 4. The molecule has 0 fully saturated rings. The molecule has 0 aliphatic heterocycles. The first-order chi connectivity index (χ1) is 11.8. The van der Waals surface area contributed by atoms with Crippen molar-refractivity contribution in [2.75, 3.05) is 18.5 Å². The van der Waals surface area contributed by atoms with Gasteiger partial charge in [0.2, 0.25) is 0 Å². The highest BCUT2D eigenvalue weighted by atomic mass is 79.9. The summed E-state index contributed by atoms with van der Waals surface area (Å²) in [7, 11) is 0. The van der Waals surface area contributed by atoms with Crippen LogP contribution in [-0.4, -0.2) is 18.5 Å². The van der Waals surface area contributed by atoms with Gasteiger partial charge in [0.05, 0.1) is 13.2 Å². The van der Waals surface area contributed by atoms with Gasteiger partial charge in [-0.1, -0.05) is 47.8 Å². The zero-order valence-corrected chi connectivity index (χ0v) is 16.5. The first-order valence-electron chi connectivity index (χ1n) is 9.11. The Morgan fingerprint density at radius 2 is 1.67 bits per heavy atom. The van der Waals surface area contributed by atoms with Crippen molar-refractivity contribution in [3.05, 3.63) is 35.9 Å². The van der Waals surface area contributed by atoms with Gasteiger partial charge in [0, 0.05) is 5.33 Å². The molecule has 0 aliphatic carbocycles. The molecule has 0 amide bonds. The van der Waals surface area contributed by atoms with E-state index in [-0.39, 0.29) is 0 Å². The van der Waals surface area contributed by atoms with Crippen molar-refractivity contribution in [3.63, 3.8) is 0 Å². The van der Waals surface area contributed by atoms with Crippen molar-refractivity contribution in [2.24, 2.45) is 0 Å². The van der Waals surface area contributed by atoms with Gasteiger partial charge in [-0.3, -0.25) is 0 Å². The molecule has 0 saturated carbocycles. The Labute approximate surface area is 154 Å². The molecule has 2 rings (SSSR count). The smallest absolute Gasteiger partial charge is 0.122 e. The molecule has 0 aliphatic rings. The Hall–Kier alpha value is -1.22. The van der Waals surface area contributed by atoms with Crippen LogP contribution in [0.3, 0.4) is 0 Å². The summed E-state index contributed by atoms with van der Waals surface area (Å²) in [4.78, 5) is 0. The number of aryl methyl sites for hydroxylation is 1. The monoisotopic (exact) mass is 392 g/mol. The molecule has 0 bridgehead atoms. The average Bonchev–Trinajstić information content (AvgIpc) is 2.60. The van der Waals surface area contributed by atoms with E-state index in [0.29, 0.717) is 0 Å². The molecule has 0 aromatic heterocycles. The molecule has 0 heterocycles. The summed E-state index contributed by atoms with van der Waals surface area (Å²) in [6.07, 6.45) is 7.09. The Bertz CT molecular complexity index is 625. The maximum Gasteiger partial charge on any atom is 0.122 e. The molecular weight excluding hydrogens is 364 g/mol. The van der Waals surface area contributed by atoms with E-state index in [2.05, 4.69) is 60.1 Å². The number of halogens is 1. The van der Waals surface area contributed by atoms with Gasteiger partial charge in [0.15, 0.2) is 0 Å². The van der Waals surface area contributed by atoms with Crippen LogP contribution in [-0.2, 0) is 0 Å². The second-order valence-corrected chi connectivity index (χ2v) is 7.02. The Morgan fingerprint density at radius 3 is 2.46 bits per heavy atom. The van der Waals surface area contributed by atoms with Crippen molar-refractivity contribution < 1.29 is 9.47 Å². The number of ether oxygens (including phenoxy) is 2. The van der Waals surface area contributed by atoms with Crippen molar-refractivity contribution in [1.29, 1.82) is 0 Å². The molecule has 0 N–H and O–H groups in total. The van der Waals surface area contributed by atoms with E-state index in [1.165, 1.54) is 42.0 Å². The summed E-state index contributed by atoms with van der Waals surface area (Å²) < 4.78 is 11.8. The van der Waals surface area contributed by atoms with Crippen molar-refractivity contribution in [1.82, 2.24) is 0 Å². The summed E-state index contributed by atoms with van der Waals surface area (Å²) in [6.45, 7) is 5.94. The lowest BCUT2D eigenvalue weighted by Gasteiger charge is -2.13. The van der Waals surface area contributed by atoms with Gasteiger partial charge in [-0.25, -0.2) is 0 Å². The van der Waals surface area contributed by atoms with E-state index in [1.54, 1.807) is 0 Å². The second-order valence-electron chi connectivity index (χ2n) is 6.23. The standard InChI is InChI=1S/C21H29BrO2/c1-3-4-7-15-24-21-12-9-18-16-19(10-11-20(18)17(21)2)23-14-8-5-6-13-22/h9-12,16H,3-8,13-15H2,1-2H3. The largest absolute Gasteiger partial charge is 0.494 e. The minimum absolute atomic E-state index is 0.788. The predicted molar refractivity (Wildman–Crippen MR) is 107 cm³/mol. The quantitative estimate of drug-likeness (QED) is 0.314. The Balaban J connectivity index is 1.97. The van der Waals surface area contributed by atoms with E-state index in [4.69, 9.17) is 9.47 Å². The molecule has 0 saturated heterocycles. The summed E-state index contributed by atoms with van der Waals surface area (Å²) in [5.74, 6) is 1.96. The first kappa shape index (κ1) is 19.1. The van der Waals surface area contributed by atoms with Crippen LogP contribution in [0.1, 0.15) is 51.0 Å². The minimum atomic E-state index is 0.788. The molecule has 132 valence electrons. The molecule has 2 nitrogen and oxygen atoms in total. The van der Waals surface area contributed by atoms with Crippen LogP contribution in [0.5, 0.6) is 11.5 Å². The third-order valence-corrected chi connectivity index (χ3v) is 4.82. The Morgan fingerprint density at radius 1 is 0.875 bits per heavy atom. The molecular formula is C21H29BrO2. The maximum atomic E-state index is 5.94. The minimum Gasteiger partial charge on any atom is -0.494 e. The summed E-state index contributed by atoms with van der Waals surface area (Å²) in [5.41, 5.74) is 1.22. The zero-order valence-electron chi connectivity index (χ0n) is 14.9. The highest BCUT2D eigenvalue weighted by Gasteiger charge is 2.06. The SMILES string of the molecule is CCCCCOc1ccc2cc(OCCCCCBr)ccc2c1C. The van der Waals surface area contributed by atoms with Crippen LogP contribution in [0.25, 0.3) is 10.8 Å². The van der Waals surface area contributed by atoms with Crippen molar-refractivity contribution >= 4 is 26.7 Å². The van der Waals surface area contributed by atoms with Gasteiger partial charge in [0.25, 0.3) is 0 Å². The molecule has 0 spiro atoms. The zero-order chi connectivity index (χ0) is 17.2. The molecule has 2 aromatic carbocycles. The first-order valence-corrected chi connectivity index (χ1v) is 10.2. The van der Waals surface area contributed by atoms with Crippen LogP contribution in [0.4, 0.5) is 0 Å². The highest BCUT2D eigenvalue weighted by molar-refractivity contribution is 9.09. The predicted octanol–water partition coefficient (Wildman–Crippen LogP) is 6.66. The number of hydrogen-bond donors (Lipinski definition) is 0. The number of alkyl halides is 1.